The van der Waals surface area contributed by atoms with E-state index in [1.54, 1.807) is 6.08 Å². The lowest BCUT2D eigenvalue weighted by molar-refractivity contribution is -0.274. The maximum Gasteiger partial charge on any atom is 0.573 e. The number of likely N-dealkylation sites (tertiary alicyclic amines) is 1. The minimum absolute atomic E-state index is 0.0157. The van der Waals surface area contributed by atoms with Crippen molar-refractivity contribution in [1.82, 2.24) is 4.90 Å². The van der Waals surface area contributed by atoms with Gasteiger partial charge in [0.1, 0.15) is 11.5 Å². The zero-order valence-electron chi connectivity index (χ0n) is 22.6. The molecule has 3 aliphatic carbocycles. The average Bonchev–Trinajstić information content (AvgIpc) is 3.15. The molecule has 1 heterocycles. The number of fused-ring (bicyclic) bond motifs is 3. The van der Waals surface area contributed by atoms with E-state index < -0.39 is 65.0 Å². The van der Waals surface area contributed by atoms with Gasteiger partial charge in [-0.1, -0.05) is 18.1 Å². The summed E-state index contributed by atoms with van der Waals surface area (Å²) >= 11 is 0. The molecule has 5 rings (SSSR count). The number of nitrogens with zero attached hydrogens (tertiary/aromatic N) is 1. The zero-order chi connectivity index (χ0) is 30.5. The van der Waals surface area contributed by atoms with Crippen molar-refractivity contribution in [1.29, 1.82) is 0 Å². The first-order chi connectivity index (χ1) is 19.8. The van der Waals surface area contributed by atoms with Crippen molar-refractivity contribution < 1.29 is 52.1 Å². The topological polar surface area (TPSA) is 138 Å². The third kappa shape index (κ3) is 5.25. The Kier molecular flexibility index (Phi) is 7.59. The van der Waals surface area contributed by atoms with Gasteiger partial charge in [-0.15, -0.1) is 13.2 Å². The fourth-order valence-electron chi connectivity index (χ4n) is 6.69. The molecule has 0 saturated carbocycles. The van der Waals surface area contributed by atoms with Gasteiger partial charge in [-0.05, 0) is 62.8 Å². The van der Waals surface area contributed by atoms with E-state index in [1.807, 2.05) is 0 Å². The molecule has 0 spiro atoms. The van der Waals surface area contributed by atoms with Gasteiger partial charge in [0.15, 0.2) is 11.6 Å². The van der Waals surface area contributed by atoms with E-state index >= 15 is 0 Å². The summed E-state index contributed by atoms with van der Waals surface area (Å²) in [6.07, 6.45) is -0.727. The molecule has 12 heteroatoms. The van der Waals surface area contributed by atoms with Gasteiger partial charge in [0.25, 0.3) is 0 Å². The molecule has 4 aliphatic rings. The number of allylic oxidation sites excluding steroid dienone is 6. The lowest BCUT2D eigenvalue weighted by Crippen LogP contribution is -2.40. The number of ketones is 2. The Balaban J connectivity index is 1.53. The van der Waals surface area contributed by atoms with Crippen LogP contribution >= 0.6 is 0 Å². The highest BCUT2D eigenvalue weighted by molar-refractivity contribution is 6.24. The molecule has 1 aromatic carbocycles. The van der Waals surface area contributed by atoms with Crippen LogP contribution in [0.3, 0.4) is 0 Å². The molecular weight excluding hydrogens is 559 g/mol. The van der Waals surface area contributed by atoms with E-state index in [4.69, 9.17) is 5.11 Å². The number of unbranched alkanes of at least 4 members (excludes halogenated alkanes) is 2. The number of hydrogen-bond donors (Lipinski definition) is 2. The number of benzene rings is 1. The second-order valence-electron chi connectivity index (χ2n) is 11.0. The van der Waals surface area contributed by atoms with Crippen molar-refractivity contribution in [2.45, 2.75) is 57.7 Å². The number of phenols is 1. The number of rotatable bonds is 8. The van der Waals surface area contributed by atoms with Crippen molar-refractivity contribution in [2.75, 3.05) is 6.54 Å². The van der Waals surface area contributed by atoms with Gasteiger partial charge in [0.2, 0.25) is 11.8 Å². The third-order valence-corrected chi connectivity index (χ3v) is 8.47. The van der Waals surface area contributed by atoms with Gasteiger partial charge in [-0.2, -0.15) is 0 Å². The Morgan fingerprint density at radius 3 is 2.50 bits per heavy atom. The number of amides is 2. The molecule has 42 heavy (non-hydrogen) atoms. The van der Waals surface area contributed by atoms with Crippen LogP contribution < -0.4 is 4.74 Å². The number of imide groups is 1. The highest BCUT2D eigenvalue weighted by Gasteiger charge is 2.56. The summed E-state index contributed by atoms with van der Waals surface area (Å²) in [5.41, 5.74) is 0.677. The Morgan fingerprint density at radius 1 is 1.07 bits per heavy atom. The average molecular weight is 588 g/mol. The summed E-state index contributed by atoms with van der Waals surface area (Å²) in [6, 6.07) is 2.92. The monoisotopic (exact) mass is 587 g/mol. The quantitative estimate of drug-likeness (QED) is 0.198. The fraction of sp³-hybridized carbons (Fsp3) is 0.433. The molecule has 0 bridgehead atoms. The van der Waals surface area contributed by atoms with Crippen molar-refractivity contribution in [3.8, 4) is 11.5 Å². The van der Waals surface area contributed by atoms with Crippen LogP contribution in [0.2, 0.25) is 0 Å². The molecule has 222 valence electrons. The van der Waals surface area contributed by atoms with Crippen LogP contribution in [0.5, 0.6) is 11.5 Å². The maximum absolute atomic E-state index is 13.7. The van der Waals surface area contributed by atoms with E-state index in [0.717, 1.165) is 18.2 Å². The highest BCUT2D eigenvalue weighted by Crippen LogP contribution is 2.56. The van der Waals surface area contributed by atoms with E-state index in [0.29, 0.717) is 24.8 Å². The zero-order valence-corrected chi connectivity index (χ0v) is 22.6. The van der Waals surface area contributed by atoms with Crippen LogP contribution in [-0.2, 0) is 24.0 Å². The Bertz CT molecular complexity index is 1490. The van der Waals surface area contributed by atoms with Crippen LogP contribution in [0.4, 0.5) is 13.2 Å². The number of aromatic hydroxyl groups is 1. The highest BCUT2D eigenvalue weighted by atomic mass is 19.4. The second kappa shape index (κ2) is 10.9. The summed E-state index contributed by atoms with van der Waals surface area (Å²) in [7, 11) is 0. The van der Waals surface area contributed by atoms with Gasteiger partial charge < -0.3 is 14.9 Å². The van der Waals surface area contributed by atoms with E-state index in [1.165, 1.54) is 17.9 Å². The van der Waals surface area contributed by atoms with E-state index in [2.05, 4.69) is 4.74 Å². The number of carbonyl (C=O) groups excluding carboxylic acids is 4. The standard InChI is InChI=1S/C30H28F3NO8/c1-14-11-22(36)20-13-18-16(7-8-17-25(18)29(41)34(28(17)40)10-4-2-3-5-23(37)38)24(26(20)27(14)39)19-12-15(6-9-21(19)35)42-30(31,32)33/h6-7,9,11-12,17-18,24-25,35H,2-5,8,10,13H2,1H3,(H,37,38)/t17-,18+,24+,25-/m0/s1. The van der Waals surface area contributed by atoms with Crippen molar-refractivity contribution >= 4 is 29.4 Å². The number of phenolic OH excluding ortho intramolecular Hbond substituents is 1. The van der Waals surface area contributed by atoms with Gasteiger partial charge in [-0.3, -0.25) is 28.9 Å². The second-order valence-corrected chi connectivity index (χ2v) is 11.0. The number of Topliss-reactive ketones (excluding diaryl/α,β-unsaturated/α-hetero) is 1. The smallest absolute Gasteiger partial charge is 0.508 e. The summed E-state index contributed by atoms with van der Waals surface area (Å²) in [6.45, 7) is 1.57. The summed E-state index contributed by atoms with van der Waals surface area (Å²) in [4.78, 5) is 65.5. The van der Waals surface area contributed by atoms with Crippen molar-refractivity contribution in [2.24, 2.45) is 17.8 Å². The molecule has 2 amide bonds. The lowest BCUT2D eigenvalue weighted by Gasteiger charge is -2.42. The van der Waals surface area contributed by atoms with Gasteiger partial charge in [0.05, 0.1) is 11.8 Å². The Morgan fingerprint density at radius 2 is 1.81 bits per heavy atom. The van der Waals surface area contributed by atoms with Crippen molar-refractivity contribution in [3.63, 3.8) is 0 Å². The van der Waals surface area contributed by atoms with Crippen molar-refractivity contribution in [3.05, 3.63) is 58.2 Å². The molecule has 0 aromatic heterocycles. The molecule has 4 atom stereocenters. The number of carboxylic acids is 1. The minimum atomic E-state index is -5.02. The molecule has 1 aliphatic heterocycles. The van der Waals surface area contributed by atoms with Crippen LogP contribution in [0.25, 0.3) is 0 Å². The maximum atomic E-state index is 13.7. The summed E-state index contributed by atoms with van der Waals surface area (Å²) < 4.78 is 43.2. The third-order valence-electron chi connectivity index (χ3n) is 8.47. The van der Waals surface area contributed by atoms with E-state index in [-0.39, 0.29) is 54.0 Å². The molecule has 1 aromatic rings. The summed E-state index contributed by atoms with van der Waals surface area (Å²) in [5, 5.41) is 19.6. The first-order valence-corrected chi connectivity index (χ1v) is 13.6. The van der Waals surface area contributed by atoms with Crippen LogP contribution in [0.15, 0.2) is 52.6 Å². The molecule has 2 N–H and O–H groups in total. The SMILES string of the molecule is CC1=CC(=O)C2=C(C1=O)[C@@H](c1cc(OC(F)(F)F)ccc1O)C1=CC[C@@H]3C(=O)N(CCCCCC(=O)O)C(=O)[C@@H]3[C@@H]1C2. The number of aliphatic carboxylic acids is 1. The first kappa shape index (κ1) is 29.3. The number of halogens is 3. The molecule has 0 unspecified atom stereocenters. The van der Waals surface area contributed by atoms with Gasteiger partial charge in [-0.25, -0.2) is 0 Å². The Labute approximate surface area is 238 Å². The number of carbonyl (C=O) groups is 5. The molecule has 9 nitrogen and oxygen atoms in total. The Hall–Kier alpha value is -4.22. The van der Waals surface area contributed by atoms with Gasteiger partial charge >= 0.3 is 12.3 Å². The molecule has 1 fully saturated rings. The van der Waals surface area contributed by atoms with Gasteiger partial charge in [0, 0.05) is 41.2 Å². The number of ether oxygens (including phenoxy) is 1. The number of alkyl halides is 3. The van der Waals surface area contributed by atoms with E-state index in [9.17, 15) is 42.3 Å². The van der Waals surface area contributed by atoms with Crippen LogP contribution in [-0.4, -0.2) is 57.4 Å². The predicted molar refractivity (Wildman–Crippen MR) is 139 cm³/mol. The van der Waals surface area contributed by atoms with Crippen LogP contribution in [0.1, 0.15) is 56.9 Å². The normalized spacial score (nSPS) is 25.6. The minimum Gasteiger partial charge on any atom is -0.508 e. The molecular formula is C30H28F3NO8. The molecule has 0 radical (unpaired) electrons. The summed E-state index contributed by atoms with van der Waals surface area (Å²) in [5.74, 6) is -7.19. The number of hydrogen-bond acceptors (Lipinski definition) is 7. The molecule has 1 saturated heterocycles. The van der Waals surface area contributed by atoms with Crippen LogP contribution in [0, 0.1) is 17.8 Å². The fourth-order valence-corrected chi connectivity index (χ4v) is 6.69. The lowest BCUT2D eigenvalue weighted by atomic mass is 9.59. The predicted octanol–water partition coefficient (Wildman–Crippen LogP) is 4.37. The first-order valence-electron chi connectivity index (χ1n) is 13.6. The largest absolute Gasteiger partial charge is 0.573 e. The number of carboxylic acid groups (broad SMARTS) is 1.